The summed E-state index contributed by atoms with van der Waals surface area (Å²) in [5.74, 6) is -0.520. The van der Waals surface area contributed by atoms with Crippen LogP contribution in [0.5, 0.6) is 5.75 Å². The van der Waals surface area contributed by atoms with E-state index in [1.807, 2.05) is 6.92 Å². The first-order valence-electron chi connectivity index (χ1n) is 12.9. The minimum absolute atomic E-state index is 0.00840. The Morgan fingerprint density at radius 3 is 2.66 bits per heavy atom. The fraction of sp³-hybridized carbons (Fsp3) is 0.423. The molecule has 0 saturated carbocycles. The predicted molar refractivity (Wildman–Crippen MR) is 150 cm³/mol. The third kappa shape index (κ3) is 7.38. The van der Waals surface area contributed by atoms with Gasteiger partial charge in [0.05, 0.1) is 30.5 Å². The number of carbonyl (C=O) groups is 2. The maximum absolute atomic E-state index is 13.4. The average Bonchev–Trinajstić information content (AvgIpc) is 3.45. The zero-order valence-corrected chi connectivity index (χ0v) is 24.4. The second kappa shape index (κ2) is 12.9. The molecule has 0 spiro atoms. The molecule has 3 aromatic rings. The topological polar surface area (TPSA) is 160 Å². The fourth-order valence-electron chi connectivity index (χ4n) is 4.46. The van der Waals surface area contributed by atoms with Crippen LogP contribution in [0.2, 0.25) is 5.02 Å². The summed E-state index contributed by atoms with van der Waals surface area (Å²) in [4.78, 5) is 27.6. The van der Waals surface area contributed by atoms with Gasteiger partial charge in [-0.2, -0.15) is 4.31 Å². The van der Waals surface area contributed by atoms with Gasteiger partial charge in [-0.1, -0.05) is 18.5 Å². The average molecular weight is 606 g/mol. The lowest BCUT2D eigenvalue weighted by atomic mass is 10.0. The van der Waals surface area contributed by atoms with Gasteiger partial charge in [-0.15, -0.1) is 5.10 Å². The summed E-state index contributed by atoms with van der Waals surface area (Å²) in [6.07, 6.45) is 0.619. The molecule has 2 heterocycles. The van der Waals surface area contributed by atoms with E-state index >= 15 is 0 Å². The molecule has 0 unspecified atom stereocenters. The second-order valence-corrected chi connectivity index (χ2v) is 12.5. The molecule has 0 aliphatic carbocycles. The van der Waals surface area contributed by atoms with Crippen molar-refractivity contribution in [2.45, 2.75) is 43.9 Å². The van der Waals surface area contributed by atoms with Crippen molar-refractivity contribution in [3.05, 3.63) is 59.4 Å². The number of sulfonamides is 1. The van der Waals surface area contributed by atoms with Crippen molar-refractivity contribution in [2.24, 2.45) is 5.92 Å². The van der Waals surface area contributed by atoms with Crippen LogP contribution in [0.3, 0.4) is 0 Å². The molecular weight excluding hydrogens is 574 g/mol. The number of rotatable bonds is 9. The Hall–Kier alpha value is -3.59. The summed E-state index contributed by atoms with van der Waals surface area (Å²) in [6, 6.07) is 10.4. The lowest BCUT2D eigenvalue weighted by molar-refractivity contribution is -0.134. The quantitative estimate of drug-likeness (QED) is 0.368. The SMILES string of the molecule is C[C@@H]1CN([C@H](C)CO)C(=O)Cc2cc(NC(=O)Cn3cnnn3)ccc2O[C@H]1CN(C)S(=O)(=O)c1ccc(Cl)cc1. The van der Waals surface area contributed by atoms with Crippen molar-refractivity contribution in [2.75, 3.05) is 32.1 Å². The van der Waals surface area contributed by atoms with E-state index in [0.717, 1.165) is 0 Å². The number of anilines is 1. The molecule has 2 amide bonds. The van der Waals surface area contributed by atoms with Crippen molar-refractivity contribution < 1.29 is 27.9 Å². The number of amides is 2. The number of aliphatic hydroxyl groups excluding tert-OH is 1. The van der Waals surface area contributed by atoms with Crippen LogP contribution in [0, 0.1) is 5.92 Å². The van der Waals surface area contributed by atoms with E-state index in [2.05, 4.69) is 20.8 Å². The van der Waals surface area contributed by atoms with Gasteiger partial charge in [0, 0.05) is 35.8 Å². The number of likely N-dealkylation sites (N-methyl/N-ethyl adjacent to an activating group) is 1. The van der Waals surface area contributed by atoms with Gasteiger partial charge in [-0.3, -0.25) is 9.59 Å². The van der Waals surface area contributed by atoms with Gasteiger partial charge in [0.15, 0.2) is 0 Å². The van der Waals surface area contributed by atoms with E-state index in [-0.39, 0.29) is 55.3 Å². The summed E-state index contributed by atoms with van der Waals surface area (Å²) < 4.78 is 35.5. The lowest BCUT2D eigenvalue weighted by Crippen LogP contribution is -2.48. The van der Waals surface area contributed by atoms with Crippen LogP contribution in [-0.2, 0) is 32.6 Å². The molecular formula is C26H32ClN7O6S. The Morgan fingerprint density at radius 2 is 2.00 bits per heavy atom. The Morgan fingerprint density at radius 1 is 1.27 bits per heavy atom. The summed E-state index contributed by atoms with van der Waals surface area (Å²) in [7, 11) is -2.39. The van der Waals surface area contributed by atoms with Gasteiger partial charge in [0.25, 0.3) is 0 Å². The maximum Gasteiger partial charge on any atom is 0.246 e. The van der Waals surface area contributed by atoms with Crippen molar-refractivity contribution >= 4 is 39.1 Å². The molecule has 1 aliphatic heterocycles. The van der Waals surface area contributed by atoms with Gasteiger partial charge in [0.1, 0.15) is 24.7 Å². The van der Waals surface area contributed by atoms with Crippen molar-refractivity contribution in [1.82, 2.24) is 29.4 Å². The molecule has 0 saturated heterocycles. The number of aromatic nitrogens is 4. The van der Waals surface area contributed by atoms with Crippen molar-refractivity contribution in [3.63, 3.8) is 0 Å². The van der Waals surface area contributed by atoms with Crippen molar-refractivity contribution in [3.8, 4) is 5.75 Å². The normalized spacial score (nSPS) is 18.6. The molecule has 2 aromatic carbocycles. The molecule has 1 aliphatic rings. The van der Waals surface area contributed by atoms with Crippen LogP contribution < -0.4 is 10.1 Å². The number of hydrogen-bond acceptors (Lipinski definition) is 9. The number of tetrazole rings is 1. The highest BCUT2D eigenvalue weighted by Gasteiger charge is 2.33. The highest BCUT2D eigenvalue weighted by molar-refractivity contribution is 7.89. The first-order chi connectivity index (χ1) is 19.5. The minimum atomic E-state index is -3.86. The second-order valence-electron chi connectivity index (χ2n) is 10.0. The summed E-state index contributed by atoms with van der Waals surface area (Å²) in [5.41, 5.74) is 0.943. The van der Waals surface area contributed by atoms with E-state index in [9.17, 15) is 23.1 Å². The summed E-state index contributed by atoms with van der Waals surface area (Å²) in [6.45, 7) is 3.50. The van der Waals surface area contributed by atoms with Crippen LogP contribution >= 0.6 is 11.6 Å². The summed E-state index contributed by atoms with van der Waals surface area (Å²) in [5, 5.41) is 23.7. The number of nitrogens with zero attached hydrogens (tertiary/aromatic N) is 6. The smallest absolute Gasteiger partial charge is 0.246 e. The van der Waals surface area contributed by atoms with Crippen LogP contribution in [0.25, 0.3) is 0 Å². The minimum Gasteiger partial charge on any atom is -0.488 e. The monoisotopic (exact) mass is 605 g/mol. The number of ether oxygens (including phenoxy) is 1. The Labute approximate surface area is 243 Å². The molecule has 0 fully saturated rings. The number of halogens is 1. The highest BCUT2D eigenvalue weighted by Crippen LogP contribution is 2.30. The molecule has 13 nitrogen and oxygen atoms in total. The number of hydrogen-bond donors (Lipinski definition) is 2. The number of nitrogens with one attached hydrogen (secondary N) is 1. The zero-order chi connectivity index (χ0) is 29.7. The molecule has 15 heteroatoms. The van der Waals surface area contributed by atoms with Gasteiger partial charge < -0.3 is 20.1 Å². The molecule has 0 radical (unpaired) electrons. The number of aliphatic hydroxyl groups is 1. The van der Waals surface area contributed by atoms with Gasteiger partial charge >= 0.3 is 0 Å². The lowest BCUT2D eigenvalue weighted by Gasteiger charge is -2.33. The van der Waals surface area contributed by atoms with Crippen molar-refractivity contribution in [1.29, 1.82) is 0 Å². The fourth-order valence-corrected chi connectivity index (χ4v) is 5.77. The van der Waals surface area contributed by atoms with E-state index in [0.29, 0.717) is 22.0 Å². The van der Waals surface area contributed by atoms with E-state index in [4.69, 9.17) is 16.3 Å². The summed E-state index contributed by atoms with van der Waals surface area (Å²) >= 11 is 5.94. The molecule has 3 atom stereocenters. The Balaban J connectivity index is 1.62. The zero-order valence-electron chi connectivity index (χ0n) is 22.8. The largest absolute Gasteiger partial charge is 0.488 e. The number of benzene rings is 2. The standard InChI is InChI=1S/C26H32ClN7O6S/c1-17-12-34(18(2)15-35)26(37)11-19-10-21(29-25(36)14-33-16-28-30-31-33)6-9-23(19)40-24(17)13-32(3)41(38,39)22-7-4-20(27)5-8-22/h4-10,16-18,24,35H,11-15H2,1-3H3,(H,29,36)/t17-,18-,24+/m1/s1. The third-order valence-electron chi connectivity index (χ3n) is 6.86. The van der Waals surface area contributed by atoms with Gasteiger partial charge in [-0.25, -0.2) is 13.1 Å². The van der Waals surface area contributed by atoms with E-state index in [1.165, 1.54) is 46.6 Å². The third-order valence-corrected chi connectivity index (χ3v) is 8.95. The predicted octanol–water partition coefficient (Wildman–Crippen LogP) is 1.43. The molecule has 1 aromatic heterocycles. The van der Waals surface area contributed by atoms with Crippen LogP contribution in [-0.4, -0.2) is 93.6 Å². The van der Waals surface area contributed by atoms with E-state index < -0.39 is 22.2 Å². The molecule has 41 heavy (non-hydrogen) atoms. The van der Waals surface area contributed by atoms with E-state index in [1.54, 1.807) is 30.0 Å². The highest BCUT2D eigenvalue weighted by atomic mass is 35.5. The van der Waals surface area contributed by atoms with Gasteiger partial charge in [0.2, 0.25) is 21.8 Å². The molecule has 4 rings (SSSR count). The van der Waals surface area contributed by atoms with Crippen LogP contribution in [0.15, 0.2) is 53.7 Å². The molecule has 220 valence electrons. The van der Waals surface area contributed by atoms with Crippen LogP contribution in [0.4, 0.5) is 5.69 Å². The first kappa shape index (κ1) is 30.4. The Bertz CT molecular complexity index is 1470. The first-order valence-corrected chi connectivity index (χ1v) is 14.7. The van der Waals surface area contributed by atoms with Crippen LogP contribution in [0.1, 0.15) is 19.4 Å². The number of fused-ring (bicyclic) bond motifs is 1. The number of carbonyl (C=O) groups excluding carboxylic acids is 2. The van der Waals surface area contributed by atoms with Gasteiger partial charge in [-0.05, 0) is 59.8 Å². The molecule has 2 N–H and O–H groups in total. The maximum atomic E-state index is 13.4. The Kier molecular flexibility index (Phi) is 9.58. The molecule has 0 bridgehead atoms.